The van der Waals surface area contributed by atoms with E-state index in [1.54, 1.807) is 7.05 Å². The second-order valence-electron chi connectivity index (χ2n) is 6.75. The first-order valence-corrected chi connectivity index (χ1v) is 9.24. The van der Waals surface area contributed by atoms with Gasteiger partial charge in [0.05, 0.1) is 5.41 Å². The van der Waals surface area contributed by atoms with E-state index in [4.69, 9.17) is 0 Å². The molecule has 1 heterocycles. The lowest BCUT2D eigenvalue weighted by Gasteiger charge is -2.42. The van der Waals surface area contributed by atoms with Crippen molar-refractivity contribution in [3.8, 4) is 0 Å². The topological polar surface area (TPSA) is 41.1 Å². The Morgan fingerprint density at radius 1 is 1.17 bits per heavy atom. The number of piperidine rings is 1. The number of benzene rings is 1. The highest BCUT2D eigenvalue weighted by atomic mass is 16.2. The van der Waals surface area contributed by atoms with Crippen LogP contribution < -0.4 is 10.6 Å². The van der Waals surface area contributed by atoms with Gasteiger partial charge in [0.15, 0.2) is 0 Å². The summed E-state index contributed by atoms with van der Waals surface area (Å²) < 4.78 is 0. The van der Waals surface area contributed by atoms with E-state index in [0.717, 1.165) is 38.8 Å². The van der Waals surface area contributed by atoms with Gasteiger partial charge in [-0.3, -0.25) is 4.79 Å². The predicted molar refractivity (Wildman–Crippen MR) is 96.5 cm³/mol. The van der Waals surface area contributed by atoms with Crippen molar-refractivity contribution in [2.75, 3.05) is 20.1 Å². The third kappa shape index (κ3) is 4.14. The fraction of sp³-hybridized carbons (Fsp3) is 0.650. The molecule has 0 radical (unpaired) electrons. The first-order valence-electron chi connectivity index (χ1n) is 9.24. The summed E-state index contributed by atoms with van der Waals surface area (Å²) in [5.74, 6) is 0.625. The highest BCUT2D eigenvalue weighted by molar-refractivity contribution is 5.88. The lowest BCUT2D eigenvalue weighted by Crippen LogP contribution is -2.51. The molecule has 1 aromatic carbocycles. The zero-order valence-electron chi connectivity index (χ0n) is 14.7. The fourth-order valence-electron chi connectivity index (χ4n) is 4.12. The van der Waals surface area contributed by atoms with Crippen LogP contribution in [0.2, 0.25) is 0 Å². The maximum Gasteiger partial charge on any atom is 0.230 e. The maximum atomic E-state index is 13.1. The van der Waals surface area contributed by atoms with Crippen molar-refractivity contribution in [3.05, 3.63) is 35.9 Å². The van der Waals surface area contributed by atoms with Crippen molar-refractivity contribution in [2.45, 2.75) is 57.3 Å². The fourth-order valence-corrected chi connectivity index (χ4v) is 4.12. The van der Waals surface area contributed by atoms with E-state index < -0.39 is 0 Å². The zero-order chi connectivity index (χ0) is 16.5. The minimum atomic E-state index is -0.369. The van der Waals surface area contributed by atoms with Gasteiger partial charge in [0.2, 0.25) is 5.91 Å². The van der Waals surface area contributed by atoms with E-state index in [1.807, 2.05) is 6.07 Å². The number of rotatable bonds is 8. The van der Waals surface area contributed by atoms with Gasteiger partial charge in [-0.1, -0.05) is 62.9 Å². The van der Waals surface area contributed by atoms with Crippen LogP contribution in [-0.2, 0) is 10.2 Å². The molecule has 0 aromatic heterocycles. The zero-order valence-corrected chi connectivity index (χ0v) is 14.7. The molecule has 1 atom stereocenters. The van der Waals surface area contributed by atoms with Crippen LogP contribution in [0.25, 0.3) is 0 Å². The van der Waals surface area contributed by atoms with E-state index in [0.29, 0.717) is 5.92 Å². The number of amides is 1. The molecular formula is C20H32N2O. The molecule has 128 valence electrons. The van der Waals surface area contributed by atoms with Crippen molar-refractivity contribution < 1.29 is 4.79 Å². The summed E-state index contributed by atoms with van der Waals surface area (Å²) in [5.41, 5.74) is 0.828. The molecule has 0 bridgehead atoms. The Balaban J connectivity index is 2.33. The van der Waals surface area contributed by atoms with Gasteiger partial charge in [0.1, 0.15) is 0 Å². The number of likely N-dealkylation sites (N-methyl/N-ethyl adjacent to an activating group) is 1. The minimum Gasteiger partial charge on any atom is -0.358 e. The molecule has 1 fully saturated rings. The molecule has 0 saturated carbocycles. The first-order chi connectivity index (χ1) is 11.3. The Hall–Kier alpha value is -1.35. The highest BCUT2D eigenvalue weighted by Crippen LogP contribution is 2.42. The van der Waals surface area contributed by atoms with E-state index >= 15 is 0 Å². The third-order valence-corrected chi connectivity index (χ3v) is 5.38. The number of hydrogen-bond acceptors (Lipinski definition) is 2. The van der Waals surface area contributed by atoms with Crippen LogP contribution in [0.1, 0.15) is 57.4 Å². The van der Waals surface area contributed by atoms with Crippen molar-refractivity contribution in [3.63, 3.8) is 0 Å². The van der Waals surface area contributed by atoms with Crippen LogP contribution in [-0.4, -0.2) is 26.0 Å². The Kier molecular flexibility index (Phi) is 7.10. The summed E-state index contributed by atoms with van der Waals surface area (Å²) in [6.45, 7) is 4.27. The number of unbranched alkanes of at least 4 members (excludes halogenated alkanes) is 3. The number of carbonyl (C=O) groups excluding carboxylic acids is 1. The second kappa shape index (κ2) is 9.07. The van der Waals surface area contributed by atoms with Crippen molar-refractivity contribution >= 4 is 5.91 Å². The molecule has 2 rings (SSSR count). The molecule has 1 aliphatic rings. The van der Waals surface area contributed by atoms with E-state index in [1.165, 1.54) is 24.8 Å². The van der Waals surface area contributed by atoms with Gasteiger partial charge in [-0.2, -0.15) is 0 Å². The quantitative estimate of drug-likeness (QED) is 0.719. The maximum absolute atomic E-state index is 13.1. The molecule has 1 unspecified atom stereocenters. The van der Waals surface area contributed by atoms with Crippen LogP contribution in [0.5, 0.6) is 0 Å². The summed E-state index contributed by atoms with van der Waals surface area (Å²) in [6, 6.07) is 10.5. The molecular weight excluding hydrogens is 284 g/mol. The van der Waals surface area contributed by atoms with Gasteiger partial charge in [0.25, 0.3) is 0 Å². The normalized spacial score (nSPS) is 18.3. The van der Waals surface area contributed by atoms with Crippen LogP contribution in [0.3, 0.4) is 0 Å². The van der Waals surface area contributed by atoms with Gasteiger partial charge in [0, 0.05) is 7.05 Å². The van der Waals surface area contributed by atoms with Gasteiger partial charge >= 0.3 is 0 Å². The Labute approximate surface area is 141 Å². The van der Waals surface area contributed by atoms with Crippen LogP contribution >= 0.6 is 0 Å². The van der Waals surface area contributed by atoms with E-state index in [2.05, 4.69) is 41.8 Å². The molecule has 1 aliphatic heterocycles. The van der Waals surface area contributed by atoms with Crippen LogP contribution in [0.15, 0.2) is 30.3 Å². The molecule has 0 aliphatic carbocycles. The lowest BCUT2D eigenvalue weighted by atomic mass is 9.63. The summed E-state index contributed by atoms with van der Waals surface area (Å²) in [7, 11) is 1.78. The van der Waals surface area contributed by atoms with Crippen molar-refractivity contribution in [1.82, 2.24) is 10.6 Å². The highest BCUT2D eigenvalue weighted by Gasteiger charge is 2.46. The standard InChI is InChI=1S/C20H32N2O/c1-3-4-5-9-14-20(19(23)21-2,17-10-7-6-8-11-17)18-12-15-22-16-13-18/h6-8,10-11,18,22H,3-5,9,12-16H2,1-2H3,(H,21,23). The first kappa shape index (κ1) is 18.0. The number of hydrogen-bond donors (Lipinski definition) is 2. The summed E-state index contributed by atoms with van der Waals surface area (Å²) in [6.07, 6.45) is 7.94. The average molecular weight is 316 g/mol. The molecule has 3 heteroatoms. The predicted octanol–water partition coefficient (Wildman–Crippen LogP) is 3.64. The molecule has 23 heavy (non-hydrogen) atoms. The van der Waals surface area contributed by atoms with Crippen LogP contribution in [0, 0.1) is 5.92 Å². The Morgan fingerprint density at radius 2 is 1.87 bits per heavy atom. The Morgan fingerprint density at radius 3 is 2.48 bits per heavy atom. The second-order valence-corrected chi connectivity index (χ2v) is 6.75. The number of carbonyl (C=O) groups is 1. The van der Waals surface area contributed by atoms with Gasteiger partial charge < -0.3 is 10.6 Å². The van der Waals surface area contributed by atoms with Gasteiger partial charge in [-0.25, -0.2) is 0 Å². The SMILES string of the molecule is CCCCCCC(C(=O)NC)(c1ccccc1)C1CCNCC1. The van der Waals surface area contributed by atoms with E-state index in [-0.39, 0.29) is 11.3 Å². The minimum absolute atomic E-state index is 0.201. The monoisotopic (exact) mass is 316 g/mol. The molecule has 0 spiro atoms. The van der Waals surface area contributed by atoms with Gasteiger partial charge in [-0.15, -0.1) is 0 Å². The molecule has 1 saturated heterocycles. The summed E-state index contributed by atoms with van der Waals surface area (Å²) in [4.78, 5) is 13.1. The lowest BCUT2D eigenvalue weighted by molar-refractivity contribution is -0.129. The largest absolute Gasteiger partial charge is 0.358 e. The third-order valence-electron chi connectivity index (χ3n) is 5.38. The molecule has 1 aromatic rings. The Bertz CT molecular complexity index is 468. The molecule has 3 nitrogen and oxygen atoms in total. The van der Waals surface area contributed by atoms with Gasteiger partial charge in [-0.05, 0) is 43.8 Å². The van der Waals surface area contributed by atoms with E-state index in [9.17, 15) is 4.79 Å². The smallest absolute Gasteiger partial charge is 0.230 e. The van der Waals surface area contributed by atoms with Crippen LogP contribution in [0.4, 0.5) is 0 Å². The average Bonchev–Trinajstić information content (AvgIpc) is 2.63. The molecule has 2 N–H and O–H groups in total. The van der Waals surface area contributed by atoms with Crippen molar-refractivity contribution in [1.29, 1.82) is 0 Å². The molecule has 1 amide bonds. The van der Waals surface area contributed by atoms with Crippen molar-refractivity contribution in [2.24, 2.45) is 5.92 Å². The number of nitrogens with one attached hydrogen (secondary N) is 2. The summed E-state index contributed by atoms with van der Waals surface area (Å²) >= 11 is 0. The summed E-state index contributed by atoms with van der Waals surface area (Å²) in [5, 5.41) is 6.42.